The zero-order valence-corrected chi connectivity index (χ0v) is 10.2. The number of aromatic amines is 1. The quantitative estimate of drug-likeness (QED) is 0.568. The molecule has 6 nitrogen and oxygen atoms in total. The lowest BCUT2D eigenvalue weighted by Gasteiger charge is -2.04. The van der Waals surface area contributed by atoms with Crippen molar-refractivity contribution < 1.29 is 14.3 Å². The second kappa shape index (κ2) is 7.26. The maximum absolute atomic E-state index is 11.6. The SMILES string of the molecule is CCOC(=O)CCCNC(=O)c1cc[nH]c(=O)c1. The molecule has 18 heavy (non-hydrogen) atoms. The van der Waals surface area contributed by atoms with Crippen LogP contribution in [0.2, 0.25) is 0 Å². The van der Waals surface area contributed by atoms with Crippen molar-refractivity contribution in [3.63, 3.8) is 0 Å². The van der Waals surface area contributed by atoms with Crippen LogP contribution in [0.15, 0.2) is 23.1 Å². The van der Waals surface area contributed by atoms with Gasteiger partial charge in [-0.25, -0.2) is 0 Å². The Morgan fingerprint density at radius 1 is 1.44 bits per heavy atom. The molecule has 0 fully saturated rings. The number of esters is 1. The van der Waals surface area contributed by atoms with E-state index in [-0.39, 0.29) is 23.9 Å². The molecule has 0 aliphatic rings. The number of pyridine rings is 1. The second-order valence-corrected chi connectivity index (χ2v) is 3.61. The normalized spacial score (nSPS) is 9.83. The van der Waals surface area contributed by atoms with Gasteiger partial charge in [0.05, 0.1) is 6.61 Å². The molecule has 1 amide bonds. The lowest BCUT2D eigenvalue weighted by Crippen LogP contribution is -2.26. The fourth-order valence-electron chi connectivity index (χ4n) is 1.36. The number of nitrogens with one attached hydrogen (secondary N) is 2. The van der Waals surface area contributed by atoms with Gasteiger partial charge < -0.3 is 15.0 Å². The molecule has 0 atom stereocenters. The number of amides is 1. The van der Waals surface area contributed by atoms with E-state index in [9.17, 15) is 14.4 Å². The molecule has 1 aromatic heterocycles. The first-order chi connectivity index (χ1) is 8.63. The van der Waals surface area contributed by atoms with Crippen LogP contribution in [-0.2, 0) is 9.53 Å². The maximum Gasteiger partial charge on any atom is 0.305 e. The van der Waals surface area contributed by atoms with E-state index in [1.807, 2.05) is 0 Å². The van der Waals surface area contributed by atoms with E-state index in [1.54, 1.807) is 6.92 Å². The van der Waals surface area contributed by atoms with Crippen LogP contribution < -0.4 is 10.9 Å². The Morgan fingerprint density at radius 3 is 2.89 bits per heavy atom. The summed E-state index contributed by atoms with van der Waals surface area (Å²) in [7, 11) is 0. The Morgan fingerprint density at radius 2 is 2.22 bits per heavy atom. The van der Waals surface area contributed by atoms with Gasteiger partial charge >= 0.3 is 5.97 Å². The van der Waals surface area contributed by atoms with Gasteiger partial charge in [-0.3, -0.25) is 14.4 Å². The predicted octanol–water partition coefficient (Wildman–Crippen LogP) is 0.448. The smallest absolute Gasteiger partial charge is 0.305 e. The summed E-state index contributed by atoms with van der Waals surface area (Å²) in [6.45, 7) is 2.47. The zero-order chi connectivity index (χ0) is 13.4. The van der Waals surface area contributed by atoms with Gasteiger partial charge in [0.2, 0.25) is 5.56 Å². The number of hydrogen-bond acceptors (Lipinski definition) is 4. The molecule has 1 rings (SSSR count). The average molecular weight is 252 g/mol. The van der Waals surface area contributed by atoms with E-state index in [0.29, 0.717) is 25.1 Å². The molecule has 0 aromatic carbocycles. The van der Waals surface area contributed by atoms with Crippen LogP contribution in [0.25, 0.3) is 0 Å². The molecule has 0 unspecified atom stereocenters. The summed E-state index contributed by atoms with van der Waals surface area (Å²) >= 11 is 0. The van der Waals surface area contributed by atoms with Gasteiger partial charge in [-0.2, -0.15) is 0 Å². The van der Waals surface area contributed by atoms with E-state index >= 15 is 0 Å². The van der Waals surface area contributed by atoms with Crippen LogP contribution in [0.3, 0.4) is 0 Å². The molecular weight excluding hydrogens is 236 g/mol. The van der Waals surface area contributed by atoms with Crippen LogP contribution in [0.5, 0.6) is 0 Å². The Kier molecular flexibility index (Phi) is 5.63. The van der Waals surface area contributed by atoms with Gasteiger partial charge in [-0.15, -0.1) is 0 Å². The topological polar surface area (TPSA) is 88.3 Å². The number of carbonyl (C=O) groups excluding carboxylic acids is 2. The fraction of sp³-hybridized carbons (Fsp3) is 0.417. The summed E-state index contributed by atoms with van der Waals surface area (Å²) in [5.74, 6) is -0.604. The predicted molar refractivity (Wildman–Crippen MR) is 65.3 cm³/mol. The standard InChI is InChI=1S/C12H16N2O4/c1-2-18-11(16)4-3-6-14-12(17)9-5-7-13-10(15)8-9/h5,7-8H,2-4,6H2,1H3,(H,13,15)(H,14,17). The Labute approximate surface area is 104 Å². The molecule has 2 N–H and O–H groups in total. The highest BCUT2D eigenvalue weighted by Gasteiger charge is 2.06. The number of rotatable bonds is 6. The highest BCUT2D eigenvalue weighted by Crippen LogP contribution is 1.95. The lowest BCUT2D eigenvalue weighted by molar-refractivity contribution is -0.143. The molecule has 0 aliphatic carbocycles. The van der Waals surface area contributed by atoms with Crippen LogP contribution in [-0.4, -0.2) is 30.0 Å². The Hall–Kier alpha value is -2.11. The molecule has 0 saturated carbocycles. The zero-order valence-electron chi connectivity index (χ0n) is 10.2. The van der Waals surface area contributed by atoms with E-state index in [4.69, 9.17) is 4.74 Å². The third kappa shape index (κ3) is 4.82. The van der Waals surface area contributed by atoms with Gasteiger partial charge in [0.15, 0.2) is 0 Å². The minimum Gasteiger partial charge on any atom is -0.466 e. The summed E-state index contributed by atoms with van der Waals surface area (Å²) in [5.41, 5.74) is -0.0240. The first-order valence-electron chi connectivity index (χ1n) is 5.76. The molecule has 6 heteroatoms. The van der Waals surface area contributed by atoms with Crippen molar-refractivity contribution in [3.8, 4) is 0 Å². The number of aromatic nitrogens is 1. The van der Waals surface area contributed by atoms with E-state index < -0.39 is 0 Å². The highest BCUT2D eigenvalue weighted by molar-refractivity contribution is 5.93. The van der Waals surface area contributed by atoms with Crippen LogP contribution in [0, 0.1) is 0 Å². The summed E-state index contributed by atoms with van der Waals surface area (Å²) in [6, 6.07) is 2.74. The number of ether oxygens (including phenoxy) is 1. The fourth-order valence-corrected chi connectivity index (χ4v) is 1.36. The molecule has 0 aliphatic heterocycles. The van der Waals surface area contributed by atoms with Gasteiger partial charge in [0, 0.05) is 30.8 Å². The molecule has 0 radical (unpaired) electrons. The van der Waals surface area contributed by atoms with E-state index in [2.05, 4.69) is 10.3 Å². The summed E-state index contributed by atoms with van der Waals surface area (Å²) < 4.78 is 4.75. The summed E-state index contributed by atoms with van der Waals surface area (Å²) in [4.78, 5) is 36.0. The summed E-state index contributed by atoms with van der Waals surface area (Å²) in [6.07, 6.45) is 2.19. The summed E-state index contributed by atoms with van der Waals surface area (Å²) in [5, 5.41) is 2.62. The molecule has 0 spiro atoms. The van der Waals surface area contributed by atoms with Crippen LogP contribution >= 0.6 is 0 Å². The largest absolute Gasteiger partial charge is 0.466 e. The monoisotopic (exact) mass is 252 g/mol. The first-order valence-corrected chi connectivity index (χ1v) is 5.76. The van der Waals surface area contributed by atoms with Crippen molar-refractivity contribution in [2.45, 2.75) is 19.8 Å². The molecule has 98 valence electrons. The van der Waals surface area contributed by atoms with Crippen LogP contribution in [0.1, 0.15) is 30.1 Å². The van der Waals surface area contributed by atoms with Gasteiger partial charge in [-0.05, 0) is 19.4 Å². The third-order valence-electron chi connectivity index (χ3n) is 2.19. The van der Waals surface area contributed by atoms with Crippen molar-refractivity contribution >= 4 is 11.9 Å². The Balaban J connectivity index is 2.30. The number of hydrogen-bond donors (Lipinski definition) is 2. The van der Waals surface area contributed by atoms with Gasteiger partial charge in [-0.1, -0.05) is 0 Å². The van der Waals surface area contributed by atoms with Gasteiger partial charge in [0.1, 0.15) is 0 Å². The minimum atomic E-state index is -0.329. The van der Waals surface area contributed by atoms with E-state index in [1.165, 1.54) is 18.3 Å². The second-order valence-electron chi connectivity index (χ2n) is 3.61. The first kappa shape index (κ1) is 14.0. The maximum atomic E-state index is 11.6. The van der Waals surface area contributed by atoms with Crippen molar-refractivity contribution in [1.82, 2.24) is 10.3 Å². The molecule has 0 saturated heterocycles. The Bertz CT molecular complexity index is 467. The average Bonchev–Trinajstić information content (AvgIpc) is 2.35. The third-order valence-corrected chi connectivity index (χ3v) is 2.19. The lowest BCUT2D eigenvalue weighted by atomic mass is 10.2. The number of carbonyl (C=O) groups is 2. The van der Waals surface area contributed by atoms with Gasteiger partial charge in [0.25, 0.3) is 5.91 Å². The minimum absolute atomic E-state index is 0.267. The highest BCUT2D eigenvalue weighted by atomic mass is 16.5. The van der Waals surface area contributed by atoms with Crippen molar-refractivity contribution in [2.24, 2.45) is 0 Å². The number of H-pyrrole nitrogens is 1. The van der Waals surface area contributed by atoms with Crippen molar-refractivity contribution in [1.29, 1.82) is 0 Å². The molecule has 1 heterocycles. The van der Waals surface area contributed by atoms with Crippen molar-refractivity contribution in [3.05, 3.63) is 34.2 Å². The molecular formula is C12H16N2O4. The van der Waals surface area contributed by atoms with Crippen molar-refractivity contribution in [2.75, 3.05) is 13.2 Å². The van der Waals surface area contributed by atoms with E-state index in [0.717, 1.165) is 0 Å². The molecule has 1 aromatic rings. The van der Waals surface area contributed by atoms with Crippen LogP contribution in [0.4, 0.5) is 0 Å². The molecule has 0 bridgehead atoms.